The van der Waals surface area contributed by atoms with Gasteiger partial charge in [0.2, 0.25) is 18.6 Å². The molecular weight excluding hydrogens is 420 g/mol. The number of hydrogen-bond acceptors (Lipinski definition) is 7. The summed E-state index contributed by atoms with van der Waals surface area (Å²) in [6.45, 7) is 1.92. The van der Waals surface area contributed by atoms with Gasteiger partial charge in [-0.05, 0) is 61.0 Å². The fraction of sp³-hybridized carbons (Fsp3) is 0.0952. The number of nitrogens with zero attached hydrogens (tertiary/aromatic N) is 2. The van der Waals surface area contributed by atoms with Crippen LogP contribution < -0.4 is 19.5 Å². The standard InChI is InChI=1S/C21H18N4O5S/c1-14-10-11-22-21(23-14)25-31(27,28)17-6-4-16(5-7-17)24-20(26)9-3-15-2-8-18-19(12-15)30-13-29-18/h2-12H,13H2,1H3,(H,24,26)(H,22,23,25). The number of nitrogens with one attached hydrogen (secondary N) is 2. The fourth-order valence-electron chi connectivity index (χ4n) is 2.77. The number of fused-ring (bicyclic) bond motifs is 1. The molecular formula is C21H18N4O5S. The molecule has 0 saturated carbocycles. The Hall–Kier alpha value is -3.92. The maximum atomic E-state index is 12.5. The summed E-state index contributed by atoms with van der Waals surface area (Å²) in [4.78, 5) is 20.1. The fourth-order valence-corrected chi connectivity index (χ4v) is 3.72. The summed E-state index contributed by atoms with van der Waals surface area (Å²) in [5.74, 6) is 0.926. The van der Waals surface area contributed by atoms with Crippen LogP contribution in [0.25, 0.3) is 6.08 Å². The molecule has 2 N–H and O–H groups in total. The smallest absolute Gasteiger partial charge is 0.264 e. The molecule has 1 aromatic heterocycles. The van der Waals surface area contributed by atoms with Gasteiger partial charge in [0.1, 0.15) is 0 Å². The molecule has 1 aliphatic heterocycles. The lowest BCUT2D eigenvalue weighted by Crippen LogP contribution is -2.15. The molecule has 0 fully saturated rings. The topological polar surface area (TPSA) is 120 Å². The van der Waals surface area contributed by atoms with E-state index in [9.17, 15) is 13.2 Å². The third-order valence-corrected chi connectivity index (χ3v) is 5.62. The van der Waals surface area contributed by atoms with E-state index in [1.807, 2.05) is 6.07 Å². The van der Waals surface area contributed by atoms with Gasteiger partial charge in [0.25, 0.3) is 10.0 Å². The van der Waals surface area contributed by atoms with Crippen LogP contribution in [-0.2, 0) is 14.8 Å². The van der Waals surface area contributed by atoms with Crippen molar-refractivity contribution in [1.29, 1.82) is 0 Å². The highest BCUT2D eigenvalue weighted by atomic mass is 32.2. The molecule has 0 unspecified atom stereocenters. The highest BCUT2D eigenvalue weighted by Crippen LogP contribution is 2.32. The summed E-state index contributed by atoms with van der Waals surface area (Å²) in [6.07, 6.45) is 4.48. The lowest BCUT2D eigenvalue weighted by Gasteiger charge is -2.08. The molecule has 4 rings (SSSR count). The lowest BCUT2D eigenvalue weighted by atomic mass is 10.2. The molecule has 2 heterocycles. The Kier molecular flexibility index (Phi) is 5.54. The third kappa shape index (κ3) is 4.98. The Morgan fingerprint density at radius 3 is 2.61 bits per heavy atom. The predicted octanol–water partition coefficient (Wildman–Crippen LogP) is 2.97. The van der Waals surface area contributed by atoms with Gasteiger partial charge in [-0.3, -0.25) is 4.79 Å². The molecule has 3 aromatic rings. The summed E-state index contributed by atoms with van der Waals surface area (Å²) in [5.41, 5.74) is 1.87. The van der Waals surface area contributed by atoms with Crippen molar-refractivity contribution in [2.24, 2.45) is 0 Å². The van der Waals surface area contributed by atoms with Crippen LogP contribution in [0.5, 0.6) is 11.5 Å². The first kappa shape index (κ1) is 20.4. The molecule has 0 aliphatic carbocycles. The van der Waals surface area contributed by atoms with Crippen molar-refractivity contribution in [3.63, 3.8) is 0 Å². The van der Waals surface area contributed by atoms with Crippen LogP contribution in [-0.4, -0.2) is 31.1 Å². The molecule has 10 heteroatoms. The second-order valence-electron chi connectivity index (χ2n) is 6.59. The van der Waals surface area contributed by atoms with Crippen LogP contribution >= 0.6 is 0 Å². The molecule has 0 spiro atoms. The molecule has 0 bridgehead atoms. The predicted molar refractivity (Wildman–Crippen MR) is 114 cm³/mol. The van der Waals surface area contributed by atoms with Crippen molar-refractivity contribution in [3.05, 3.63) is 72.1 Å². The van der Waals surface area contributed by atoms with E-state index >= 15 is 0 Å². The van der Waals surface area contributed by atoms with Crippen LogP contribution in [0.3, 0.4) is 0 Å². The summed E-state index contributed by atoms with van der Waals surface area (Å²) in [5, 5.41) is 2.68. The number of aromatic nitrogens is 2. The Morgan fingerprint density at radius 2 is 1.84 bits per heavy atom. The lowest BCUT2D eigenvalue weighted by molar-refractivity contribution is -0.111. The zero-order valence-corrected chi connectivity index (χ0v) is 17.2. The summed E-state index contributed by atoms with van der Waals surface area (Å²) in [6, 6.07) is 12.8. The number of anilines is 2. The maximum Gasteiger partial charge on any atom is 0.264 e. The number of carbonyl (C=O) groups excluding carboxylic acids is 1. The average molecular weight is 438 g/mol. The molecule has 0 saturated heterocycles. The van der Waals surface area contributed by atoms with Crippen molar-refractivity contribution < 1.29 is 22.7 Å². The quantitative estimate of drug-likeness (QED) is 0.568. The molecule has 0 radical (unpaired) electrons. The Bertz CT molecular complexity index is 1260. The maximum absolute atomic E-state index is 12.5. The number of amides is 1. The van der Waals surface area contributed by atoms with Crippen LogP contribution in [0.4, 0.5) is 11.6 Å². The Balaban J connectivity index is 1.39. The van der Waals surface area contributed by atoms with E-state index in [2.05, 4.69) is 20.0 Å². The van der Waals surface area contributed by atoms with E-state index in [1.165, 1.54) is 36.5 Å². The summed E-state index contributed by atoms with van der Waals surface area (Å²) >= 11 is 0. The Labute approximate surface area is 178 Å². The van der Waals surface area contributed by atoms with Gasteiger partial charge in [0.15, 0.2) is 11.5 Å². The molecule has 158 valence electrons. The zero-order valence-electron chi connectivity index (χ0n) is 16.4. The summed E-state index contributed by atoms with van der Waals surface area (Å²) < 4.78 is 37.8. The van der Waals surface area contributed by atoms with Crippen molar-refractivity contribution >= 4 is 33.6 Å². The first-order chi connectivity index (χ1) is 14.9. The van der Waals surface area contributed by atoms with Crippen molar-refractivity contribution in [2.75, 3.05) is 16.8 Å². The minimum Gasteiger partial charge on any atom is -0.454 e. The van der Waals surface area contributed by atoms with Gasteiger partial charge >= 0.3 is 0 Å². The van der Waals surface area contributed by atoms with E-state index in [-0.39, 0.29) is 23.5 Å². The minimum absolute atomic E-state index is 0.00830. The van der Waals surface area contributed by atoms with Crippen LogP contribution in [0.15, 0.2) is 65.7 Å². The van der Waals surface area contributed by atoms with Gasteiger partial charge in [-0.1, -0.05) is 6.07 Å². The normalized spacial score (nSPS) is 12.7. The second-order valence-corrected chi connectivity index (χ2v) is 8.27. The van der Waals surface area contributed by atoms with Crippen LogP contribution in [0, 0.1) is 6.92 Å². The van der Waals surface area contributed by atoms with Crippen molar-refractivity contribution in [1.82, 2.24) is 9.97 Å². The molecule has 1 amide bonds. The number of carbonyl (C=O) groups is 1. The number of ether oxygens (including phenoxy) is 2. The van der Waals surface area contributed by atoms with E-state index < -0.39 is 10.0 Å². The van der Waals surface area contributed by atoms with Gasteiger partial charge in [0, 0.05) is 23.7 Å². The van der Waals surface area contributed by atoms with E-state index in [0.29, 0.717) is 22.9 Å². The molecule has 9 nitrogen and oxygen atoms in total. The number of sulfonamides is 1. The monoisotopic (exact) mass is 438 g/mol. The van der Waals surface area contributed by atoms with Crippen molar-refractivity contribution in [3.8, 4) is 11.5 Å². The van der Waals surface area contributed by atoms with Gasteiger partial charge in [0.05, 0.1) is 4.90 Å². The van der Waals surface area contributed by atoms with Crippen LogP contribution in [0.1, 0.15) is 11.3 Å². The number of hydrogen-bond donors (Lipinski definition) is 2. The summed E-state index contributed by atoms with van der Waals surface area (Å²) in [7, 11) is -3.85. The minimum atomic E-state index is -3.85. The van der Waals surface area contributed by atoms with Gasteiger partial charge < -0.3 is 14.8 Å². The van der Waals surface area contributed by atoms with Gasteiger partial charge in [-0.2, -0.15) is 0 Å². The van der Waals surface area contributed by atoms with Gasteiger partial charge in [-0.15, -0.1) is 0 Å². The third-order valence-electron chi connectivity index (χ3n) is 4.28. The Morgan fingerprint density at radius 1 is 1.06 bits per heavy atom. The number of benzene rings is 2. The van der Waals surface area contributed by atoms with Crippen molar-refractivity contribution in [2.45, 2.75) is 11.8 Å². The average Bonchev–Trinajstić information content (AvgIpc) is 3.20. The SMILES string of the molecule is Cc1ccnc(NS(=O)(=O)c2ccc(NC(=O)C=Cc3ccc4c(c3)OCO4)cc2)n1. The van der Waals surface area contributed by atoms with Gasteiger partial charge in [-0.25, -0.2) is 23.1 Å². The first-order valence-corrected chi connectivity index (χ1v) is 10.7. The highest BCUT2D eigenvalue weighted by molar-refractivity contribution is 7.92. The highest BCUT2D eigenvalue weighted by Gasteiger charge is 2.16. The molecule has 0 atom stereocenters. The zero-order chi connectivity index (χ0) is 21.8. The molecule has 2 aromatic carbocycles. The molecule has 1 aliphatic rings. The van der Waals surface area contributed by atoms with E-state index in [1.54, 1.807) is 31.2 Å². The molecule has 31 heavy (non-hydrogen) atoms. The first-order valence-electron chi connectivity index (χ1n) is 9.20. The van der Waals surface area contributed by atoms with E-state index in [4.69, 9.17) is 9.47 Å². The largest absolute Gasteiger partial charge is 0.454 e. The number of aryl methyl sites for hydroxylation is 1. The van der Waals surface area contributed by atoms with Crippen LogP contribution in [0.2, 0.25) is 0 Å². The van der Waals surface area contributed by atoms with E-state index in [0.717, 1.165) is 5.56 Å². The number of rotatable bonds is 6. The second kappa shape index (κ2) is 8.44.